The van der Waals surface area contributed by atoms with E-state index < -0.39 is 0 Å². The number of hydrogen-bond donors (Lipinski definition) is 1. The zero-order valence-electron chi connectivity index (χ0n) is 16.9. The SMILES string of the molecule is Cl.Cn1cc(-c2ccccc2-c2nnc(NCCCCN3CCCCC3)o2)cn1. The highest BCUT2D eigenvalue weighted by atomic mass is 35.5. The number of aryl methyl sites for hydroxylation is 1. The maximum Gasteiger partial charge on any atom is 0.315 e. The van der Waals surface area contributed by atoms with Crippen LogP contribution in [0.5, 0.6) is 0 Å². The number of rotatable bonds is 8. The average molecular weight is 417 g/mol. The molecule has 0 aliphatic carbocycles. The summed E-state index contributed by atoms with van der Waals surface area (Å²) >= 11 is 0. The van der Waals surface area contributed by atoms with Crippen LogP contribution in [0.2, 0.25) is 0 Å². The van der Waals surface area contributed by atoms with Crippen molar-refractivity contribution in [3.63, 3.8) is 0 Å². The van der Waals surface area contributed by atoms with Gasteiger partial charge in [0, 0.05) is 30.9 Å². The molecule has 7 nitrogen and oxygen atoms in total. The number of halogens is 1. The fourth-order valence-corrected chi connectivity index (χ4v) is 3.72. The minimum absolute atomic E-state index is 0. The van der Waals surface area contributed by atoms with Gasteiger partial charge in [-0.1, -0.05) is 29.7 Å². The summed E-state index contributed by atoms with van der Waals surface area (Å²) in [6.07, 6.45) is 10.2. The molecule has 1 N–H and O–H groups in total. The van der Waals surface area contributed by atoms with Crippen molar-refractivity contribution in [2.75, 3.05) is 31.5 Å². The summed E-state index contributed by atoms with van der Waals surface area (Å²) in [5.41, 5.74) is 2.98. The molecule has 1 aliphatic heterocycles. The fraction of sp³-hybridized carbons (Fsp3) is 0.476. The van der Waals surface area contributed by atoms with Gasteiger partial charge in [0.25, 0.3) is 0 Å². The highest BCUT2D eigenvalue weighted by molar-refractivity contribution is 5.85. The average Bonchev–Trinajstić information content (AvgIpc) is 3.38. The molecule has 0 amide bonds. The van der Waals surface area contributed by atoms with Gasteiger partial charge in [-0.2, -0.15) is 5.10 Å². The van der Waals surface area contributed by atoms with Crippen LogP contribution in [-0.2, 0) is 7.05 Å². The zero-order valence-corrected chi connectivity index (χ0v) is 17.7. The smallest absolute Gasteiger partial charge is 0.315 e. The molecule has 1 saturated heterocycles. The van der Waals surface area contributed by atoms with Crippen LogP contribution in [0.4, 0.5) is 6.01 Å². The highest BCUT2D eigenvalue weighted by Crippen LogP contribution is 2.31. The summed E-state index contributed by atoms with van der Waals surface area (Å²) in [6.45, 7) is 4.56. The molecule has 4 rings (SSSR count). The number of aromatic nitrogens is 4. The van der Waals surface area contributed by atoms with Gasteiger partial charge in [-0.15, -0.1) is 17.5 Å². The van der Waals surface area contributed by atoms with Gasteiger partial charge in [0.1, 0.15) is 0 Å². The van der Waals surface area contributed by atoms with Crippen molar-refractivity contribution in [1.82, 2.24) is 24.9 Å². The van der Waals surface area contributed by atoms with Gasteiger partial charge < -0.3 is 14.6 Å². The van der Waals surface area contributed by atoms with Gasteiger partial charge in [-0.05, 0) is 56.9 Å². The summed E-state index contributed by atoms with van der Waals surface area (Å²) in [5, 5.41) is 15.9. The molecule has 156 valence electrons. The molecule has 1 fully saturated rings. The number of nitrogens with zero attached hydrogens (tertiary/aromatic N) is 5. The summed E-state index contributed by atoms with van der Waals surface area (Å²) in [7, 11) is 1.91. The van der Waals surface area contributed by atoms with E-state index in [1.165, 1.54) is 45.3 Å². The highest BCUT2D eigenvalue weighted by Gasteiger charge is 2.14. The Morgan fingerprint density at radius 1 is 1.03 bits per heavy atom. The third kappa shape index (κ3) is 5.58. The van der Waals surface area contributed by atoms with Crippen molar-refractivity contribution >= 4 is 18.4 Å². The van der Waals surface area contributed by atoms with Crippen molar-refractivity contribution in [1.29, 1.82) is 0 Å². The van der Waals surface area contributed by atoms with Crippen molar-refractivity contribution in [2.45, 2.75) is 32.1 Å². The van der Waals surface area contributed by atoms with E-state index >= 15 is 0 Å². The first-order valence-electron chi connectivity index (χ1n) is 10.2. The van der Waals surface area contributed by atoms with Crippen LogP contribution in [0.25, 0.3) is 22.6 Å². The lowest BCUT2D eigenvalue weighted by Gasteiger charge is -2.26. The molecule has 29 heavy (non-hydrogen) atoms. The van der Waals surface area contributed by atoms with E-state index in [9.17, 15) is 0 Å². The minimum Gasteiger partial charge on any atom is -0.403 e. The molecule has 8 heteroatoms. The van der Waals surface area contributed by atoms with Crippen LogP contribution in [0.15, 0.2) is 41.1 Å². The molecule has 0 saturated carbocycles. The number of unbranched alkanes of at least 4 members (excludes halogenated alkanes) is 1. The molecular weight excluding hydrogens is 388 g/mol. The lowest BCUT2D eigenvalue weighted by molar-refractivity contribution is 0.225. The third-order valence-electron chi connectivity index (χ3n) is 5.22. The Kier molecular flexibility index (Phi) is 7.66. The maximum atomic E-state index is 5.86. The van der Waals surface area contributed by atoms with Crippen LogP contribution in [0.1, 0.15) is 32.1 Å². The van der Waals surface area contributed by atoms with Crippen molar-refractivity contribution < 1.29 is 4.42 Å². The fourth-order valence-electron chi connectivity index (χ4n) is 3.72. The Labute approximate surface area is 177 Å². The van der Waals surface area contributed by atoms with Crippen molar-refractivity contribution in [3.8, 4) is 22.6 Å². The van der Waals surface area contributed by atoms with Crippen molar-refractivity contribution in [3.05, 3.63) is 36.7 Å². The lowest BCUT2D eigenvalue weighted by Crippen LogP contribution is -2.30. The van der Waals surface area contributed by atoms with Crippen molar-refractivity contribution in [2.24, 2.45) is 7.05 Å². The van der Waals surface area contributed by atoms with E-state index in [-0.39, 0.29) is 12.4 Å². The number of likely N-dealkylation sites (tertiary alicyclic amines) is 1. The summed E-state index contributed by atoms with van der Waals surface area (Å²) < 4.78 is 7.65. The minimum atomic E-state index is 0. The molecule has 3 heterocycles. The van der Waals surface area contributed by atoms with Crippen LogP contribution >= 0.6 is 12.4 Å². The zero-order chi connectivity index (χ0) is 19.2. The molecule has 2 aromatic heterocycles. The first kappa shape index (κ1) is 21.3. The van der Waals surface area contributed by atoms with E-state index in [0.29, 0.717) is 11.9 Å². The van der Waals surface area contributed by atoms with E-state index in [1.54, 1.807) is 4.68 Å². The monoisotopic (exact) mass is 416 g/mol. The van der Waals surface area contributed by atoms with Gasteiger partial charge in [0.2, 0.25) is 5.89 Å². The Bertz CT molecular complexity index is 887. The number of nitrogens with one attached hydrogen (secondary N) is 1. The quantitative estimate of drug-likeness (QED) is 0.554. The predicted molar refractivity (Wildman–Crippen MR) is 117 cm³/mol. The lowest BCUT2D eigenvalue weighted by atomic mass is 10.0. The normalized spacial score (nSPS) is 14.5. The molecule has 0 spiro atoms. The molecule has 0 unspecified atom stereocenters. The second-order valence-corrected chi connectivity index (χ2v) is 7.40. The van der Waals surface area contributed by atoms with Crippen LogP contribution in [0, 0.1) is 0 Å². The molecule has 1 aliphatic rings. The summed E-state index contributed by atoms with van der Waals surface area (Å²) in [4.78, 5) is 2.57. The number of benzene rings is 1. The van der Waals surface area contributed by atoms with Gasteiger partial charge in [0.15, 0.2) is 0 Å². The standard InChI is InChI=1S/C21H28N6O.ClH/c1-26-16-17(15-23-26)18-9-3-4-10-19(18)20-24-25-21(28-20)22-11-5-8-14-27-12-6-2-7-13-27;/h3-4,9-10,15-16H,2,5-8,11-14H2,1H3,(H,22,25);1H. The predicted octanol–water partition coefficient (Wildman–Crippen LogP) is 4.24. The number of anilines is 1. The van der Waals surface area contributed by atoms with E-state index in [0.717, 1.165) is 29.7 Å². The molecular formula is C21H29ClN6O. The van der Waals surface area contributed by atoms with E-state index in [4.69, 9.17) is 4.42 Å². The maximum absolute atomic E-state index is 5.86. The van der Waals surface area contributed by atoms with E-state index in [2.05, 4.69) is 25.5 Å². The molecule has 0 atom stereocenters. The second-order valence-electron chi connectivity index (χ2n) is 7.40. The topological polar surface area (TPSA) is 72.0 Å². The third-order valence-corrected chi connectivity index (χ3v) is 5.22. The van der Waals surface area contributed by atoms with Crippen LogP contribution < -0.4 is 5.32 Å². The first-order valence-corrected chi connectivity index (χ1v) is 10.2. The number of hydrogen-bond acceptors (Lipinski definition) is 6. The van der Waals surface area contributed by atoms with Gasteiger partial charge >= 0.3 is 6.01 Å². The molecule has 3 aromatic rings. The Balaban J connectivity index is 0.00000240. The Morgan fingerprint density at radius 2 is 1.83 bits per heavy atom. The van der Waals surface area contributed by atoms with Gasteiger partial charge in [-0.3, -0.25) is 4.68 Å². The largest absolute Gasteiger partial charge is 0.403 e. The first-order chi connectivity index (χ1) is 13.8. The van der Waals surface area contributed by atoms with E-state index in [1.807, 2.05) is 43.7 Å². The Hall–Kier alpha value is -2.38. The van der Waals surface area contributed by atoms with Gasteiger partial charge in [-0.25, -0.2) is 0 Å². The summed E-state index contributed by atoms with van der Waals surface area (Å²) in [5.74, 6) is 0.523. The van der Waals surface area contributed by atoms with Crippen LogP contribution in [0.3, 0.4) is 0 Å². The molecule has 0 radical (unpaired) electrons. The Morgan fingerprint density at radius 3 is 2.59 bits per heavy atom. The van der Waals surface area contributed by atoms with Gasteiger partial charge in [0.05, 0.1) is 6.20 Å². The molecule has 0 bridgehead atoms. The summed E-state index contributed by atoms with van der Waals surface area (Å²) in [6, 6.07) is 8.51. The molecule has 1 aromatic carbocycles. The second kappa shape index (κ2) is 10.4. The number of piperidine rings is 1. The van der Waals surface area contributed by atoms with Crippen LogP contribution in [-0.4, -0.2) is 51.1 Å².